The topological polar surface area (TPSA) is 59.9 Å². The van der Waals surface area contributed by atoms with E-state index in [1.54, 1.807) is 6.07 Å². The largest absolute Gasteiger partial charge is 0.493 e. The van der Waals surface area contributed by atoms with Crippen LogP contribution in [0.15, 0.2) is 47.6 Å². The van der Waals surface area contributed by atoms with Crippen LogP contribution in [0.2, 0.25) is 0 Å². The summed E-state index contributed by atoms with van der Waals surface area (Å²) in [5.41, 5.74) is 1.45. The first-order valence-electron chi connectivity index (χ1n) is 8.06. The molecule has 5 nitrogen and oxygen atoms in total. The van der Waals surface area contributed by atoms with E-state index in [2.05, 4.69) is 10.5 Å². The van der Waals surface area contributed by atoms with Crippen molar-refractivity contribution in [3.05, 3.63) is 59.2 Å². The third-order valence-electron chi connectivity index (χ3n) is 3.42. The monoisotopic (exact) mass is 380 g/mol. The molecule has 1 amide bonds. The predicted octanol–water partition coefficient (Wildman–Crippen LogP) is 4.27. The van der Waals surface area contributed by atoms with Gasteiger partial charge in [0, 0.05) is 11.1 Å². The maximum absolute atomic E-state index is 12.9. The van der Waals surface area contributed by atoms with E-state index in [9.17, 15) is 18.0 Å². The standard InChI is InChI=1S/C19H19F3N2O3/c1-12(2)27-16-9-8-13(10-17(16)26-3)18(25)24-23-11-14-6-4-5-7-15(14)19(20,21)22/h4-12H,1-3H3,(H,24,25)/b23-11+. The van der Waals surface area contributed by atoms with Crippen molar-refractivity contribution >= 4 is 12.1 Å². The molecule has 1 N–H and O–H groups in total. The molecule has 0 radical (unpaired) electrons. The van der Waals surface area contributed by atoms with E-state index in [1.165, 1.54) is 37.4 Å². The molecule has 27 heavy (non-hydrogen) atoms. The number of nitrogens with zero attached hydrogens (tertiary/aromatic N) is 1. The number of nitrogens with one attached hydrogen (secondary N) is 1. The van der Waals surface area contributed by atoms with Crippen molar-refractivity contribution in [2.75, 3.05) is 7.11 Å². The Hall–Kier alpha value is -3.03. The second-order valence-electron chi connectivity index (χ2n) is 5.82. The fraction of sp³-hybridized carbons (Fsp3) is 0.263. The van der Waals surface area contributed by atoms with Gasteiger partial charge in [0.25, 0.3) is 5.91 Å². The number of ether oxygens (including phenoxy) is 2. The van der Waals surface area contributed by atoms with Crippen LogP contribution in [0, 0.1) is 0 Å². The third kappa shape index (κ3) is 5.47. The lowest BCUT2D eigenvalue weighted by molar-refractivity contribution is -0.137. The number of amides is 1. The van der Waals surface area contributed by atoms with Gasteiger partial charge in [-0.05, 0) is 38.1 Å². The number of rotatable bonds is 6. The van der Waals surface area contributed by atoms with E-state index in [-0.39, 0.29) is 17.2 Å². The van der Waals surface area contributed by atoms with Gasteiger partial charge in [-0.2, -0.15) is 18.3 Å². The molecule has 8 heteroatoms. The van der Waals surface area contributed by atoms with Gasteiger partial charge in [-0.3, -0.25) is 4.79 Å². The van der Waals surface area contributed by atoms with Gasteiger partial charge in [-0.25, -0.2) is 5.43 Å². The van der Waals surface area contributed by atoms with E-state index in [0.717, 1.165) is 12.3 Å². The smallest absolute Gasteiger partial charge is 0.417 e. The van der Waals surface area contributed by atoms with Crippen molar-refractivity contribution in [3.8, 4) is 11.5 Å². The van der Waals surface area contributed by atoms with Crippen molar-refractivity contribution in [2.24, 2.45) is 5.10 Å². The molecule has 0 spiro atoms. The number of methoxy groups -OCH3 is 1. The Morgan fingerprint density at radius 2 is 1.85 bits per heavy atom. The highest BCUT2D eigenvalue weighted by atomic mass is 19.4. The molecule has 144 valence electrons. The summed E-state index contributed by atoms with van der Waals surface area (Å²) in [5.74, 6) is 0.250. The molecular weight excluding hydrogens is 361 g/mol. The maximum atomic E-state index is 12.9. The molecule has 2 aromatic rings. The van der Waals surface area contributed by atoms with Crippen molar-refractivity contribution in [1.82, 2.24) is 5.43 Å². The summed E-state index contributed by atoms with van der Waals surface area (Å²) >= 11 is 0. The fourth-order valence-corrected chi connectivity index (χ4v) is 2.25. The quantitative estimate of drug-likeness (QED) is 0.602. The number of benzene rings is 2. The predicted molar refractivity (Wildman–Crippen MR) is 95.3 cm³/mol. The van der Waals surface area contributed by atoms with E-state index in [0.29, 0.717) is 11.5 Å². The van der Waals surface area contributed by atoms with Crippen molar-refractivity contribution < 1.29 is 27.4 Å². The molecule has 0 saturated heterocycles. The summed E-state index contributed by atoms with van der Waals surface area (Å²) in [5, 5.41) is 3.62. The highest BCUT2D eigenvalue weighted by Gasteiger charge is 2.32. The lowest BCUT2D eigenvalue weighted by Gasteiger charge is -2.14. The van der Waals surface area contributed by atoms with Gasteiger partial charge in [-0.15, -0.1) is 0 Å². The molecule has 0 bridgehead atoms. The van der Waals surface area contributed by atoms with Gasteiger partial charge in [0.1, 0.15) is 0 Å². The van der Waals surface area contributed by atoms with Gasteiger partial charge < -0.3 is 9.47 Å². The van der Waals surface area contributed by atoms with Crippen LogP contribution < -0.4 is 14.9 Å². The first-order chi connectivity index (χ1) is 12.7. The van der Waals surface area contributed by atoms with Crippen LogP contribution in [0.3, 0.4) is 0 Å². The van der Waals surface area contributed by atoms with Crippen LogP contribution in [0.25, 0.3) is 0 Å². The summed E-state index contributed by atoms with van der Waals surface area (Å²) in [6.07, 6.45) is -3.63. The van der Waals surface area contributed by atoms with Crippen LogP contribution in [0.4, 0.5) is 13.2 Å². The minimum absolute atomic E-state index is 0.0723. The number of hydrazone groups is 1. The average molecular weight is 380 g/mol. The van der Waals surface area contributed by atoms with E-state index in [4.69, 9.17) is 9.47 Å². The molecule has 0 atom stereocenters. The minimum atomic E-state index is -4.51. The summed E-state index contributed by atoms with van der Waals surface area (Å²) in [6.45, 7) is 3.71. The van der Waals surface area contributed by atoms with E-state index in [1.807, 2.05) is 13.8 Å². The van der Waals surface area contributed by atoms with Crippen LogP contribution in [-0.2, 0) is 6.18 Å². The van der Waals surface area contributed by atoms with Gasteiger partial charge in [0.2, 0.25) is 0 Å². The number of alkyl halides is 3. The van der Waals surface area contributed by atoms with Gasteiger partial charge in [0.15, 0.2) is 11.5 Å². The molecule has 2 aromatic carbocycles. The van der Waals surface area contributed by atoms with Gasteiger partial charge in [-0.1, -0.05) is 18.2 Å². The number of carbonyl (C=O) groups is 1. The molecule has 2 rings (SSSR count). The summed E-state index contributed by atoms with van der Waals surface area (Å²) < 4.78 is 49.6. The average Bonchev–Trinajstić information content (AvgIpc) is 2.61. The lowest BCUT2D eigenvalue weighted by Crippen LogP contribution is -2.18. The molecule has 0 heterocycles. The molecule has 0 aromatic heterocycles. The highest BCUT2D eigenvalue weighted by molar-refractivity contribution is 5.95. The SMILES string of the molecule is COc1cc(C(=O)N/N=C/c2ccccc2C(F)(F)F)ccc1OC(C)C. The van der Waals surface area contributed by atoms with Crippen molar-refractivity contribution in [3.63, 3.8) is 0 Å². The number of hydrogen-bond acceptors (Lipinski definition) is 4. The van der Waals surface area contributed by atoms with Crippen LogP contribution in [0.1, 0.15) is 35.3 Å². The molecule has 0 aliphatic carbocycles. The summed E-state index contributed by atoms with van der Waals surface area (Å²) in [7, 11) is 1.44. The Morgan fingerprint density at radius 1 is 1.15 bits per heavy atom. The van der Waals surface area contributed by atoms with E-state index >= 15 is 0 Å². The van der Waals surface area contributed by atoms with Crippen molar-refractivity contribution in [2.45, 2.75) is 26.1 Å². The second-order valence-corrected chi connectivity index (χ2v) is 5.82. The van der Waals surface area contributed by atoms with Crippen LogP contribution in [0.5, 0.6) is 11.5 Å². The number of carbonyl (C=O) groups excluding carboxylic acids is 1. The van der Waals surface area contributed by atoms with Gasteiger partial charge >= 0.3 is 6.18 Å². The maximum Gasteiger partial charge on any atom is 0.417 e. The van der Waals surface area contributed by atoms with Crippen LogP contribution >= 0.6 is 0 Å². The first-order valence-corrected chi connectivity index (χ1v) is 8.06. The molecular formula is C19H19F3N2O3. The lowest BCUT2D eigenvalue weighted by atomic mass is 10.1. The highest BCUT2D eigenvalue weighted by Crippen LogP contribution is 2.31. The molecule has 0 fully saturated rings. The number of halogens is 3. The van der Waals surface area contributed by atoms with E-state index < -0.39 is 17.6 Å². The zero-order valence-corrected chi connectivity index (χ0v) is 15.0. The molecule has 0 unspecified atom stereocenters. The van der Waals surface area contributed by atoms with Gasteiger partial charge in [0.05, 0.1) is 25.0 Å². The third-order valence-corrected chi connectivity index (χ3v) is 3.42. The second kappa shape index (κ2) is 8.57. The summed E-state index contributed by atoms with van der Waals surface area (Å²) in [4.78, 5) is 12.2. The Morgan fingerprint density at radius 3 is 2.48 bits per heavy atom. The zero-order chi connectivity index (χ0) is 20.0. The summed E-state index contributed by atoms with van der Waals surface area (Å²) in [6, 6.07) is 9.50. The van der Waals surface area contributed by atoms with Crippen molar-refractivity contribution in [1.29, 1.82) is 0 Å². The fourth-order valence-electron chi connectivity index (χ4n) is 2.25. The Kier molecular flexibility index (Phi) is 6.44. The van der Waals surface area contributed by atoms with Crippen LogP contribution in [-0.4, -0.2) is 25.3 Å². The normalized spacial score (nSPS) is 11.7. The minimum Gasteiger partial charge on any atom is -0.493 e. The Bertz CT molecular complexity index is 833. The number of hydrogen-bond donors (Lipinski definition) is 1. The molecule has 0 aliphatic heterocycles. The first kappa shape index (κ1) is 20.3. The zero-order valence-electron chi connectivity index (χ0n) is 15.0. The molecule has 0 aliphatic rings. The molecule has 0 saturated carbocycles. The Labute approximate surface area is 154 Å². The Balaban J connectivity index is 2.14.